The van der Waals surface area contributed by atoms with Crippen molar-refractivity contribution in [3.8, 4) is 11.1 Å². The highest BCUT2D eigenvalue weighted by molar-refractivity contribution is 6.00. The fourth-order valence-electron chi connectivity index (χ4n) is 3.53. The molecule has 31 heavy (non-hydrogen) atoms. The molecule has 0 N–H and O–H groups in total. The Bertz CT molecular complexity index is 1240. The van der Waals surface area contributed by atoms with E-state index in [4.69, 9.17) is 4.42 Å². The molecule has 7 nitrogen and oxygen atoms in total. The highest BCUT2D eigenvalue weighted by Gasteiger charge is 2.24. The molecule has 0 fully saturated rings. The van der Waals surface area contributed by atoms with Gasteiger partial charge in [0.2, 0.25) is 11.9 Å². The summed E-state index contributed by atoms with van der Waals surface area (Å²) in [6.07, 6.45) is 3.40. The smallest absolute Gasteiger partial charge is 0.346 e. The van der Waals surface area contributed by atoms with Crippen molar-refractivity contribution in [1.82, 2.24) is 15.0 Å². The van der Waals surface area contributed by atoms with E-state index in [1.165, 1.54) is 6.33 Å². The lowest BCUT2D eigenvalue weighted by atomic mass is 10.0. The highest BCUT2D eigenvalue weighted by Crippen LogP contribution is 2.38. The lowest BCUT2D eigenvalue weighted by Crippen LogP contribution is -2.25. The van der Waals surface area contributed by atoms with Gasteiger partial charge in [-0.25, -0.2) is 14.8 Å². The molecule has 0 unspecified atom stereocenters. The van der Waals surface area contributed by atoms with Crippen LogP contribution in [0.3, 0.4) is 0 Å². The first-order valence-corrected chi connectivity index (χ1v) is 10.3. The van der Waals surface area contributed by atoms with Crippen LogP contribution in [0.4, 0.5) is 17.6 Å². The molecule has 4 aromatic rings. The second-order valence-electron chi connectivity index (χ2n) is 7.46. The van der Waals surface area contributed by atoms with Crippen molar-refractivity contribution in [1.29, 1.82) is 0 Å². The number of benzene rings is 2. The summed E-state index contributed by atoms with van der Waals surface area (Å²) in [6.45, 7) is 2.78. The van der Waals surface area contributed by atoms with Crippen LogP contribution >= 0.6 is 0 Å². The Morgan fingerprint density at radius 2 is 1.65 bits per heavy atom. The van der Waals surface area contributed by atoms with Gasteiger partial charge in [0.1, 0.15) is 11.9 Å². The fraction of sp³-hybridized carbons (Fsp3) is 0.250. The van der Waals surface area contributed by atoms with Gasteiger partial charge in [0.05, 0.1) is 11.3 Å². The molecule has 2 aromatic carbocycles. The summed E-state index contributed by atoms with van der Waals surface area (Å²) < 4.78 is 5.70. The van der Waals surface area contributed by atoms with E-state index in [2.05, 4.69) is 21.9 Å². The van der Waals surface area contributed by atoms with Gasteiger partial charge >= 0.3 is 5.63 Å². The topological polar surface area (TPSA) is 75.4 Å². The van der Waals surface area contributed by atoms with Crippen molar-refractivity contribution in [2.24, 2.45) is 0 Å². The SMILES string of the molecule is CCCCN(c1ncnc(N(C)C)n1)c1c(-c2ccccc2)c(=O)oc2ccccc12. The fourth-order valence-corrected chi connectivity index (χ4v) is 3.53. The maximum Gasteiger partial charge on any atom is 0.346 e. The molecule has 2 heterocycles. The quantitative estimate of drug-likeness (QED) is 0.407. The summed E-state index contributed by atoms with van der Waals surface area (Å²) in [4.78, 5) is 30.4. The lowest BCUT2D eigenvalue weighted by molar-refractivity contribution is 0.563. The van der Waals surface area contributed by atoms with Crippen LogP contribution < -0.4 is 15.4 Å². The minimum atomic E-state index is -0.386. The third kappa shape index (κ3) is 4.12. The van der Waals surface area contributed by atoms with Gasteiger partial charge in [-0.1, -0.05) is 55.8 Å². The predicted octanol–water partition coefficient (Wildman–Crippen LogP) is 4.65. The first kappa shape index (κ1) is 20.5. The van der Waals surface area contributed by atoms with E-state index in [9.17, 15) is 4.79 Å². The van der Waals surface area contributed by atoms with Crippen molar-refractivity contribution in [3.63, 3.8) is 0 Å². The van der Waals surface area contributed by atoms with Gasteiger partial charge in [-0.3, -0.25) is 0 Å². The number of rotatable bonds is 7. The Morgan fingerprint density at radius 3 is 2.39 bits per heavy atom. The van der Waals surface area contributed by atoms with E-state index in [1.54, 1.807) is 0 Å². The second kappa shape index (κ2) is 8.95. The van der Waals surface area contributed by atoms with Gasteiger partial charge in [-0.05, 0) is 24.1 Å². The van der Waals surface area contributed by atoms with Gasteiger partial charge in [-0.15, -0.1) is 0 Å². The largest absolute Gasteiger partial charge is 0.422 e. The average Bonchev–Trinajstić information content (AvgIpc) is 2.80. The van der Waals surface area contributed by atoms with Crippen molar-refractivity contribution in [2.75, 3.05) is 30.4 Å². The molecule has 0 aliphatic heterocycles. The van der Waals surface area contributed by atoms with E-state index in [-0.39, 0.29) is 5.63 Å². The minimum Gasteiger partial charge on any atom is -0.422 e. The molecule has 0 aliphatic rings. The standard InChI is InChI=1S/C24H25N5O2/c1-4-5-15-29(24-26-16-25-23(27-24)28(2)3)21-18-13-9-10-14-19(18)31-22(30)20(21)17-11-7-6-8-12-17/h6-14,16H,4-5,15H2,1-3H3. The van der Waals surface area contributed by atoms with E-state index < -0.39 is 0 Å². The molecule has 7 heteroatoms. The number of aromatic nitrogens is 3. The summed E-state index contributed by atoms with van der Waals surface area (Å²) in [7, 11) is 3.77. The van der Waals surface area contributed by atoms with E-state index in [1.807, 2.05) is 78.5 Å². The summed E-state index contributed by atoms with van der Waals surface area (Å²) in [5, 5.41) is 0.837. The molecule has 0 saturated carbocycles. The normalized spacial score (nSPS) is 10.9. The van der Waals surface area contributed by atoms with Gasteiger partial charge in [0, 0.05) is 26.0 Å². The maximum absolute atomic E-state index is 13.2. The van der Waals surface area contributed by atoms with Gasteiger partial charge < -0.3 is 14.2 Å². The third-order valence-electron chi connectivity index (χ3n) is 5.04. The molecule has 158 valence electrons. The third-order valence-corrected chi connectivity index (χ3v) is 5.04. The van der Waals surface area contributed by atoms with Crippen molar-refractivity contribution in [2.45, 2.75) is 19.8 Å². The number of hydrogen-bond acceptors (Lipinski definition) is 7. The van der Waals surface area contributed by atoms with Crippen LogP contribution in [0, 0.1) is 0 Å². The van der Waals surface area contributed by atoms with Crippen molar-refractivity contribution >= 4 is 28.6 Å². The number of fused-ring (bicyclic) bond motifs is 1. The van der Waals surface area contributed by atoms with Crippen LogP contribution in [-0.4, -0.2) is 35.6 Å². The Balaban J connectivity index is 2.04. The number of anilines is 3. The molecular weight excluding hydrogens is 390 g/mol. The van der Waals surface area contributed by atoms with E-state index in [0.29, 0.717) is 29.6 Å². The highest BCUT2D eigenvalue weighted by atomic mass is 16.4. The van der Waals surface area contributed by atoms with Gasteiger partial charge in [0.15, 0.2) is 0 Å². The Labute approximate surface area is 181 Å². The zero-order chi connectivity index (χ0) is 21.8. The van der Waals surface area contributed by atoms with Crippen LogP contribution in [0.15, 0.2) is 70.1 Å². The van der Waals surface area contributed by atoms with E-state index >= 15 is 0 Å². The molecule has 4 rings (SSSR count). The molecule has 0 amide bonds. The summed E-state index contributed by atoms with van der Waals surface area (Å²) in [5.41, 5.74) is 2.19. The van der Waals surface area contributed by atoms with Crippen LogP contribution in [0.5, 0.6) is 0 Å². The molecule has 0 saturated heterocycles. The molecule has 0 spiro atoms. The molecular formula is C24H25N5O2. The first-order valence-electron chi connectivity index (χ1n) is 10.3. The van der Waals surface area contributed by atoms with Crippen LogP contribution in [0.1, 0.15) is 19.8 Å². The van der Waals surface area contributed by atoms with Crippen LogP contribution in [0.2, 0.25) is 0 Å². The molecule has 0 bridgehead atoms. The number of nitrogens with zero attached hydrogens (tertiary/aromatic N) is 5. The summed E-state index contributed by atoms with van der Waals surface area (Å²) in [6, 6.07) is 17.2. The molecule has 0 atom stereocenters. The predicted molar refractivity (Wildman–Crippen MR) is 124 cm³/mol. The lowest BCUT2D eigenvalue weighted by Gasteiger charge is -2.26. The Kier molecular flexibility index (Phi) is 5.93. The number of hydrogen-bond donors (Lipinski definition) is 0. The Hall–Kier alpha value is -3.74. The van der Waals surface area contributed by atoms with Crippen LogP contribution in [0.25, 0.3) is 22.1 Å². The van der Waals surface area contributed by atoms with Gasteiger partial charge in [-0.2, -0.15) is 4.98 Å². The second-order valence-corrected chi connectivity index (χ2v) is 7.46. The monoisotopic (exact) mass is 415 g/mol. The average molecular weight is 415 g/mol. The van der Waals surface area contributed by atoms with E-state index in [0.717, 1.165) is 29.5 Å². The van der Waals surface area contributed by atoms with Crippen molar-refractivity contribution < 1.29 is 4.42 Å². The maximum atomic E-state index is 13.2. The van der Waals surface area contributed by atoms with Gasteiger partial charge in [0.25, 0.3) is 0 Å². The number of unbranched alkanes of at least 4 members (excludes halogenated alkanes) is 1. The summed E-state index contributed by atoms with van der Waals surface area (Å²) in [5.74, 6) is 1.06. The minimum absolute atomic E-state index is 0.386. The Morgan fingerprint density at radius 1 is 0.935 bits per heavy atom. The number of para-hydroxylation sites is 1. The summed E-state index contributed by atoms with van der Waals surface area (Å²) >= 11 is 0. The zero-order valence-electron chi connectivity index (χ0n) is 17.9. The molecule has 2 aromatic heterocycles. The molecule has 0 radical (unpaired) electrons. The van der Waals surface area contributed by atoms with Crippen LogP contribution in [-0.2, 0) is 0 Å². The zero-order valence-corrected chi connectivity index (χ0v) is 17.9. The molecule has 0 aliphatic carbocycles. The first-order chi connectivity index (χ1) is 15.1. The van der Waals surface area contributed by atoms with Crippen molar-refractivity contribution in [3.05, 3.63) is 71.3 Å².